The summed E-state index contributed by atoms with van der Waals surface area (Å²) in [5, 5.41) is 4.30. The zero-order chi connectivity index (χ0) is 14.4. The molecule has 0 radical (unpaired) electrons. The molecule has 0 atom stereocenters. The number of aromatic nitrogens is 3. The van der Waals surface area contributed by atoms with Crippen molar-refractivity contribution in [3.05, 3.63) is 29.2 Å². The van der Waals surface area contributed by atoms with Gasteiger partial charge in [-0.3, -0.25) is 0 Å². The maximum Gasteiger partial charge on any atom is 0.176 e. The Morgan fingerprint density at radius 3 is 2.90 bits per heavy atom. The molecule has 0 saturated heterocycles. The van der Waals surface area contributed by atoms with Crippen molar-refractivity contribution >= 4 is 23.3 Å². The van der Waals surface area contributed by atoms with E-state index in [0.717, 1.165) is 40.4 Å². The maximum atomic E-state index is 5.00. The van der Waals surface area contributed by atoms with E-state index < -0.39 is 0 Å². The molecule has 0 bridgehead atoms. The fraction of sp³-hybridized carbons (Fsp3) is 0.462. The van der Waals surface area contributed by atoms with Crippen LogP contribution in [0.5, 0.6) is 0 Å². The van der Waals surface area contributed by atoms with Crippen LogP contribution >= 0.6 is 23.3 Å². The third-order valence-electron chi connectivity index (χ3n) is 2.59. The van der Waals surface area contributed by atoms with Crippen LogP contribution in [0.15, 0.2) is 21.6 Å². The van der Waals surface area contributed by atoms with Crippen molar-refractivity contribution in [2.45, 2.75) is 29.8 Å². The molecule has 2 aromatic heterocycles. The van der Waals surface area contributed by atoms with E-state index in [1.807, 2.05) is 13.1 Å². The zero-order valence-corrected chi connectivity index (χ0v) is 13.5. The van der Waals surface area contributed by atoms with Crippen LogP contribution in [0.1, 0.15) is 17.0 Å². The number of methoxy groups -OCH3 is 1. The highest BCUT2D eigenvalue weighted by atomic mass is 32.2. The Balaban J connectivity index is 1.95. The smallest absolute Gasteiger partial charge is 0.176 e. The first kappa shape index (κ1) is 15.4. The molecule has 0 aliphatic heterocycles. The van der Waals surface area contributed by atoms with E-state index in [2.05, 4.69) is 32.6 Å². The minimum Gasteiger partial charge on any atom is -0.383 e. The Kier molecular flexibility index (Phi) is 5.90. The second kappa shape index (κ2) is 7.68. The number of hydrogen-bond donors (Lipinski definition) is 1. The van der Waals surface area contributed by atoms with Crippen molar-refractivity contribution < 1.29 is 4.74 Å². The lowest BCUT2D eigenvalue weighted by molar-refractivity contribution is 0.199. The van der Waals surface area contributed by atoms with Crippen LogP contribution in [0.25, 0.3) is 0 Å². The Morgan fingerprint density at radius 2 is 2.25 bits per heavy atom. The van der Waals surface area contributed by atoms with E-state index in [4.69, 9.17) is 4.74 Å². The Hall–Kier alpha value is -1.02. The first-order chi connectivity index (χ1) is 9.69. The van der Waals surface area contributed by atoms with Gasteiger partial charge in [-0.05, 0) is 48.3 Å². The standard InChI is InChI=1S/C13H18N4OS2/c1-9-6-11(7-14-4-5-18-3)8-15-12(9)19-13-16-10(2)17-20-13/h6,8,14H,4-5,7H2,1-3H3. The van der Waals surface area contributed by atoms with Gasteiger partial charge in [0.2, 0.25) is 0 Å². The van der Waals surface area contributed by atoms with Crippen LogP contribution in [-0.2, 0) is 11.3 Å². The topological polar surface area (TPSA) is 59.9 Å². The van der Waals surface area contributed by atoms with Crippen molar-refractivity contribution in [1.82, 2.24) is 19.7 Å². The minimum absolute atomic E-state index is 0.719. The largest absolute Gasteiger partial charge is 0.383 e. The molecule has 5 nitrogen and oxygen atoms in total. The summed E-state index contributed by atoms with van der Waals surface area (Å²) < 4.78 is 10.1. The van der Waals surface area contributed by atoms with Crippen LogP contribution in [0.4, 0.5) is 0 Å². The number of hydrogen-bond acceptors (Lipinski definition) is 7. The van der Waals surface area contributed by atoms with Gasteiger partial charge in [-0.1, -0.05) is 6.07 Å². The molecule has 1 N–H and O–H groups in total. The average Bonchev–Trinajstić information content (AvgIpc) is 2.83. The molecule has 0 aliphatic carbocycles. The number of nitrogens with one attached hydrogen (secondary N) is 1. The lowest BCUT2D eigenvalue weighted by atomic mass is 10.2. The highest BCUT2D eigenvalue weighted by Gasteiger charge is 2.07. The van der Waals surface area contributed by atoms with Crippen LogP contribution in [0.2, 0.25) is 0 Å². The maximum absolute atomic E-state index is 5.00. The lowest BCUT2D eigenvalue weighted by Gasteiger charge is -2.07. The van der Waals surface area contributed by atoms with Gasteiger partial charge in [0.05, 0.1) is 6.61 Å². The molecule has 20 heavy (non-hydrogen) atoms. The second-order valence-corrected chi connectivity index (χ2v) is 6.33. The third-order valence-corrected chi connectivity index (χ3v) is 4.56. The van der Waals surface area contributed by atoms with Crippen LogP contribution in [0, 0.1) is 13.8 Å². The zero-order valence-electron chi connectivity index (χ0n) is 11.8. The normalized spacial score (nSPS) is 10.9. The van der Waals surface area contributed by atoms with Gasteiger partial charge in [-0.25, -0.2) is 9.97 Å². The van der Waals surface area contributed by atoms with E-state index in [1.165, 1.54) is 17.1 Å². The number of nitrogens with zero attached hydrogens (tertiary/aromatic N) is 3. The first-order valence-corrected chi connectivity index (χ1v) is 7.91. The van der Waals surface area contributed by atoms with E-state index in [9.17, 15) is 0 Å². The van der Waals surface area contributed by atoms with Gasteiger partial charge < -0.3 is 10.1 Å². The molecule has 0 aromatic carbocycles. The van der Waals surface area contributed by atoms with Gasteiger partial charge in [0, 0.05) is 26.4 Å². The predicted octanol–water partition coefficient (Wildman–Crippen LogP) is 2.44. The lowest BCUT2D eigenvalue weighted by Crippen LogP contribution is -2.18. The summed E-state index contributed by atoms with van der Waals surface area (Å²) in [7, 11) is 1.70. The number of rotatable bonds is 7. The quantitative estimate of drug-likeness (QED) is 0.793. The summed E-state index contributed by atoms with van der Waals surface area (Å²) in [5.41, 5.74) is 2.34. The second-order valence-electron chi connectivity index (χ2n) is 4.34. The molecule has 2 aromatic rings. The van der Waals surface area contributed by atoms with Crippen molar-refractivity contribution in [2.75, 3.05) is 20.3 Å². The van der Waals surface area contributed by atoms with Gasteiger partial charge in [-0.2, -0.15) is 4.37 Å². The molecule has 2 heterocycles. The van der Waals surface area contributed by atoms with Crippen molar-refractivity contribution in [3.63, 3.8) is 0 Å². The SMILES string of the molecule is COCCNCc1cnc(Sc2nc(C)ns2)c(C)c1. The summed E-state index contributed by atoms with van der Waals surface area (Å²) in [6.45, 7) is 6.34. The Morgan fingerprint density at radius 1 is 1.40 bits per heavy atom. The highest BCUT2D eigenvalue weighted by Crippen LogP contribution is 2.29. The molecule has 0 spiro atoms. The van der Waals surface area contributed by atoms with Gasteiger partial charge in [0.15, 0.2) is 4.34 Å². The van der Waals surface area contributed by atoms with Crippen molar-refractivity contribution in [2.24, 2.45) is 0 Å². The summed E-state index contributed by atoms with van der Waals surface area (Å²) in [5.74, 6) is 0.814. The summed E-state index contributed by atoms with van der Waals surface area (Å²) in [6, 6.07) is 2.16. The highest BCUT2D eigenvalue weighted by molar-refractivity contribution is 8.00. The molecular weight excluding hydrogens is 292 g/mol. The van der Waals surface area contributed by atoms with E-state index >= 15 is 0 Å². The van der Waals surface area contributed by atoms with Crippen LogP contribution in [0.3, 0.4) is 0 Å². The fourth-order valence-electron chi connectivity index (χ4n) is 1.63. The van der Waals surface area contributed by atoms with Crippen LogP contribution in [-0.4, -0.2) is 34.6 Å². The number of aryl methyl sites for hydroxylation is 2. The first-order valence-electron chi connectivity index (χ1n) is 6.32. The molecule has 108 valence electrons. The van der Waals surface area contributed by atoms with E-state index in [1.54, 1.807) is 18.9 Å². The average molecular weight is 310 g/mol. The minimum atomic E-state index is 0.719. The van der Waals surface area contributed by atoms with Crippen LogP contribution < -0.4 is 5.32 Å². The molecule has 0 amide bonds. The fourth-order valence-corrected chi connectivity index (χ4v) is 3.22. The van der Waals surface area contributed by atoms with Gasteiger partial charge >= 0.3 is 0 Å². The van der Waals surface area contributed by atoms with E-state index in [0.29, 0.717) is 0 Å². The van der Waals surface area contributed by atoms with Gasteiger partial charge in [0.1, 0.15) is 10.9 Å². The predicted molar refractivity (Wildman–Crippen MR) is 81.3 cm³/mol. The van der Waals surface area contributed by atoms with Crippen molar-refractivity contribution in [3.8, 4) is 0 Å². The molecule has 0 aliphatic rings. The van der Waals surface area contributed by atoms with E-state index in [-0.39, 0.29) is 0 Å². The monoisotopic (exact) mass is 310 g/mol. The number of ether oxygens (including phenoxy) is 1. The summed E-state index contributed by atoms with van der Waals surface area (Å²) in [4.78, 5) is 8.86. The molecule has 7 heteroatoms. The molecule has 0 saturated carbocycles. The third kappa shape index (κ3) is 4.52. The van der Waals surface area contributed by atoms with Crippen molar-refractivity contribution in [1.29, 1.82) is 0 Å². The summed E-state index contributed by atoms with van der Waals surface area (Å²) >= 11 is 2.98. The molecule has 0 unspecified atom stereocenters. The van der Waals surface area contributed by atoms with Gasteiger partial charge in [-0.15, -0.1) is 0 Å². The molecule has 0 fully saturated rings. The molecular formula is C13H18N4OS2. The Bertz CT molecular complexity index is 559. The summed E-state index contributed by atoms with van der Waals surface area (Å²) in [6.07, 6.45) is 1.91. The van der Waals surface area contributed by atoms with Gasteiger partial charge in [0.25, 0.3) is 0 Å². The molecule has 2 rings (SSSR count). The Labute approximate surface area is 127 Å². The number of pyridine rings is 1.